The number of anilines is 4. The summed E-state index contributed by atoms with van der Waals surface area (Å²) in [6, 6.07) is 18.8. The van der Waals surface area contributed by atoms with Gasteiger partial charge in [-0.1, -0.05) is 74.4 Å². The fourth-order valence-corrected chi connectivity index (χ4v) is 9.61. The molecule has 3 aliphatic rings. The molecule has 4 N–H and O–H groups in total. The Kier molecular flexibility index (Phi) is 14.8. The van der Waals surface area contributed by atoms with Crippen molar-refractivity contribution >= 4 is 75.1 Å². The van der Waals surface area contributed by atoms with Crippen LogP contribution in [-0.2, 0) is 25.7 Å². The fourth-order valence-electron chi connectivity index (χ4n) is 9.41. The second kappa shape index (κ2) is 21.2. The van der Waals surface area contributed by atoms with Crippen LogP contribution in [-0.4, -0.2) is 93.6 Å². The molecule has 0 radical (unpaired) electrons. The van der Waals surface area contributed by atoms with Crippen LogP contribution in [0.3, 0.4) is 0 Å². The fraction of sp³-hybridized carbons (Fsp3) is 0.420. The van der Waals surface area contributed by atoms with Gasteiger partial charge in [-0.3, -0.25) is 29.3 Å². The minimum atomic E-state index is -0.698. The number of imide groups is 1. The third kappa shape index (κ3) is 10.6. The molecule has 5 aromatic rings. The first-order chi connectivity index (χ1) is 32.1. The van der Waals surface area contributed by atoms with Gasteiger partial charge in [0.05, 0.1) is 29.7 Å². The molecule has 2 aromatic heterocycles. The van der Waals surface area contributed by atoms with Gasteiger partial charge in [-0.15, -0.1) is 0 Å². The van der Waals surface area contributed by atoms with Crippen LogP contribution in [0.15, 0.2) is 73.1 Å². The molecule has 3 aromatic carbocycles. The number of nitrogens with one attached hydrogen (secondary N) is 4. The summed E-state index contributed by atoms with van der Waals surface area (Å²) in [7, 11) is 3.59. The van der Waals surface area contributed by atoms with Crippen molar-refractivity contribution in [3.05, 3.63) is 89.2 Å². The number of methoxy groups -OCH3 is 1. The van der Waals surface area contributed by atoms with Gasteiger partial charge in [0.2, 0.25) is 29.6 Å². The van der Waals surface area contributed by atoms with E-state index in [0.717, 1.165) is 105 Å². The maximum atomic E-state index is 13.2. The number of unbranched alkanes of at least 4 members (excludes halogenated alkanes) is 7. The number of aromatic amines is 1. The highest BCUT2D eigenvalue weighted by Gasteiger charge is 2.40. The van der Waals surface area contributed by atoms with Gasteiger partial charge in [-0.25, -0.2) is 9.97 Å². The summed E-state index contributed by atoms with van der Waals surface area (Å²) >= 11 is 6.57. The number of carbonyl (C=O) groups excluding carboxylic acids is 5. The molecule has 5 amide bonds. The van der Waals surface area contributed by atoms with Crippen molar-refractivity contribution in [3.63, 3.8) is 0 Å². The van der Waals surface area contributed by atoms with Gasteiger partial charge in [0, 0.05) is 103 Å². The molecule has 16 heteroatoms. The lowest BCUT2D eigenvalue weighted by atomic mass is 10.0. The van der Waals surface area contributed by atoms with Crippen molar-refractivity contribution in [2.45, 2.75) is 109 Å². The number of benzene rings is 3. The summed E-state index contributed by atoms with van der Waals surface area (Å²) in [5, 5.41) is 10.1. The highest BCUT2D eigenvalue weighted by molar-refractivity contribution is 6.33. The smallest absolute Gasteiger partial charge is 0.255 e. The highest BCUT2D eigenvalue weighted by Crippen LogP contribution is 2.37. The molecule has 0 saturated carbocycles. The van der Waals surface area contributed by atoms with Crippen molar-refractivity contribution in [2.75, 3.05) is 42.8 Å². The Bertz CT molecular complexity index is 2590. The van der Waals surface area contributed by atoms with E-state index in [9.17, 15) is 24.0 Å². The van der Waals surface area contributed by atoms with E-state index in [4.69, 9.17) is 21.3 Å². The molecule has 346 valence electrons. The number of ether oxygens (including phenoxy) is 1. The number of para-hydroxylation sites is 1. The van der Waals surface area contributed by atoms with Crippen molar-refractivity contribution in [1.29, 1.82) is 0 Å². The van der Waals surface area contributed by atoms with Crippen molar-refractivity contribution in [3.8, 4) is 17.0 Å². The second-order valence-electron chi connectivity index (χ2n) is 17.5. The highest BCUT2D eigenvalue weighted by atomic mass is 35.5. The molecule has 15 nitrogen and oxygen atoms in total. The zero-order chi connectivity index (χ0) is 46.2. The topological polar surface area (TPSA) is 182 Å². The van der Waals surface area contributed by atoms with Crippen LogP contribution in [0.1, 0.15) is 106 Å². The van der Waals surface area contributed by atoms with Gasteiger partial charge in [0.1, 0.15) is 11.8 Å². The molecule has 2 saturated heterocycles. The van der Waals surface area contributed by atoms with E-state index in [0.29, 0.717) is 58.5 Å². The zero-order valence-electron chi connectivity index (χ0n) is 37.7. The van der Waals surface area contributed by atoms with Crippen molar-refractivity contribution < 1.29 is 28.7 Å². The van der Waals surface area contributed by atoms with Gasteiger partial charge >= 0.3 is 0 Å². The number of fused-ring (bicyclic) bond motifs is 2. The largest absolute Gasteiger partial charge is 0.494 e. The Balaban J connectivity index is 0.694. The normalized spacial score (nSPS) is 16.3. The van der Waals surface area contributed by atoms with E-state index >= 15 is 0 Å². The number of aromatic nitrogens is 3. The minimum absolute atomic E-state index is 0.0984. The van der Waals surface area contributed by atoms with Gasteiger partial charge in [0.25, 0.3) is 5.91 Å². The predicted octanol–water partition coefficient (Wildman–Crippen LogP) is 8.76. The monoisotopic (exact) mass is 915 g/mol. The summed E-state index contributed by atoms with van der Waals surface area (Å²) < 4.78 is 5.80. The maximum Gasteiger partial charge on any atom is 0.255 e. The Labute approximate surface area is 390 Å². The average Bonchev–Trinajstić information content (AvgIpc) is 3.91. The Morgan fingerprint density at radius 3 is 2.38 bits per heavy atom. The second-order valence-corrected chi connectivity index (χ2v) is 17.9. The first-order valence-electron chi connectivity index (χ1n) is 23.2. The lowest BCUT2D eigenvalue weighted by Gasteiger charge is -2.38. The van der Waals surface area contributed by atoms with E-state index in [2.05, 4.69) is 36.9 Å². The quantitative estimate of drug-likeness (QED) is 0.0462. The molecular formula is C50H58ClN9O6. The number of rotatable bonds is 19. The number of H-pyrrole nitrogens is 1. The molecule has 1 atom stereocenters. The van der Waals surface area contributed by atoms with E-state index in [1.54, 1.807) is 31.5 Å². The third-order valence-corrected chi connectivity index (χ3v) is 13.5. The lowest BCUT2D eigenvalue weighted by Crippen LogP contribution is -2.52. The Morgan fingerprint density at radius 1 is 0.879 bits per heavy atom. The van der Waals surface area contributed by atoms with Crippen LogP contribution in [0.4, 0.5) is 23.0 Å². The van der Waals surface area contributed by atoms with Gasteiger partial charge < -0.3 is 35.1 Å². The summed E-state index contributed by atoms with van der Waals surface area (Å²) in [6.45, 7) is 1.89. The molecular weight excluding hydrogens is 858 g/mol. The molecule has 3 aliphatic heterocycles. The number of hydrogen-bond donors (Lipinski definition) is 4. The molecule has 0 aliphatic carbocycles. The zero-order valence-corrected chi connectivity index (χ0v) is 38.4. The molecule has 8 rings (SSSR count). The first-order valence-corrected chi connectivity index (χ1v) is 23.6. The number of hydrogen-bond acceptors (Lipinski definition) is 10. The van der Waals surface area contributed by atoms with E-state index in [1.165, 1.54) is 4.90 Å². The van der Waals surface area contributed by atoms with Crippen LogP contribution in [0.5, 0.6) is 5.75 Å². The molecule has 66 heavy (non-hydrogen) atoms. The van der Waals surface area contributed by atoms with E-state index < -0.39 is 11.9 Å². The predicted molar refractivity (Wildman–Crippen MR) is 256 cm³/mol. The average molecular weight is 917 g/mol. The van der Waals surface area contributed by atoms with Crippen LogP contribution in [0.25, 0.3) is 22.2 Å². The summed E-state index contributed by atoms with van der Waals surface area (Å²) in [6.07, 6.45) is 14.7. The van der Waals surface area contributed by atoms with E-state index in [-0.39, 0.29) is 42.6 Å². The van der Waals surface area contributed by atoms with Crippen LogP contribution < -0.4 is 25.6 Å². The SMILES string of the molecule is COc1cc(N2CCC(N(C)C(=O)CCCCCCCCCCC(=O)Nc3cccc4c3CN(C3CCC(=O)NC3=O)C4=O)CC2)ccc1Nc1ncc(Cl)c(-c2c[nH]c3ccccc23)n1. The summed E-state index contributed by atoms with van der Waals surface area (Å²) in [5.41, 5.74) is 6.10. The minimum Gasteiger partial charge on any atom is -0.494 e. The number of nitrogens with zero attached hydrogens (tertiary/aromatic N) is 5. The molecule has 1 unspecified atom stereocenters. The van der Waals surface area contributed by atoms with Gasteiger partial charge in [-0.05, 0) is 62.4 Å². The summed E-state index contributed by atoms with van der Waals surface area (Å²) in [4.78, 5) is 81.4. The summed E-state index contributed by atoms with van der Waals surface area (Å²) in [5.74, 6) is 0.145. The van der Waals surface area contributed by atoms with E-state index in [1.807, 2.05) is 54.5 Å². The van der Waals surface area contributed by atoms with Crippen molar-refractivity contribution in [2.24, 2.45) is 0 Å². The molecule has 5 heterocycles. The van der Waals surface area contributed by atoms with Gasteiger partial charge in [0.15, 0.2) is 0 Å². The number of piperidine rings is 2. The first kappa shape index (κ1) is 46.1. The van der Waals surface area contributed by atoms with Crippen LogP contribution in [0.2, 0.25) is 5.02 Å². The standard InChI is InChI=1S/C50H58ClN9O6/c1-58(32-24-26-59(27-25-32)33-20-21-41(43(28-33)66-2)55-50-53-30-38(51)47(57-50)36-29-52-39-16-12-11-14-34(36)39)46(63)19-10-8-6-4-3-5-7-9-18-44(61)54-40-17-13-15-35-37(40)31-60(49(35)65)42-22-23-45(62)56-48(42)64/h11-17,20-21,28-30,32,42,52H,3-10,18-19,22-27,31H2,1-2H3,(H,54,61)(H,53,55,57)(H,56,62,64). The Hall–Kier alpha value is -6.48. The third-order valence-electron chi connectivity index (χ3n) is 13.2. The molecule has 2 fully saturated rings. The molecule has 0 bridgehead atoms. The Morgan fingerprint density at radius 2 is 1.62 bits per heavy atom. The van der Waals surface area contributed by atoms with Crippen LogP contribution >= 0.6 is 11.6 Å². The number of halogens is 1. The van der Waals surface area contributed by atoms with Crippen LogP contribution in [0, 0.1) is 0 Å². The molecule has 0 spiro atoms. The van der Waals surface area contributed by atoms with Crippen molar-refractivity contribution in [1.82, 2.24) is 30.1 Å². The number of amides is 5. The lowest BCUT2D eigenvalue weighted by molar-refractivity contribution is -0.137. The number of carbonyl (C=O) groups is 5. The van der Waals surface area contributed by atoms with Gasteiger partial charge in [-0.2, -0.15) is 0 Å². The maximum absolute atomic E-state index is 13.2.